The second kappa shape index (κ2) is 7.24. The number of hydrogen-bond acceptors (Lipinski definition) is 2. The average Bonchev–Trinajstić information content (AvgIpc) is 2.65. The van der Waals surface area contributed by atoms with Gasteiger partial charge in [-0.3, -0.25) is 0 Å². The van der Waals surface area contributed by atoms with Crippen LogP contribution in [-0.4, -0.2) is 18.8 Å². The van der Waals surface area contributed by atoms with E-state index in [2.05, 4.69) is 13.8 Å². The van der Waals surface area contributed by atoms with Gasteiger partial charge in [-0.2, -0.15) is 0 Å². The first-order valence-electron chi connectivity index (χ1n) is 6.65. The largest absolute Gasteiger partial charge is 0.376 e. The molecule has 0 spiro atoms. The lowest BCUT2D eigenvalue weighted by Gasteiger charge is -2.21. The van der Waals surface area contributed by atoms with Gasteiger partial charge in [0.05, 0.1) is 6.10 Å². The fourth-order valence-corrected chi connectivity index (χ4v) is 2.32. The van der Waals surface area contributed by atoms with Crippen molar-refractivity contribution in [1.29, 1.82) is 0 Å². The smallest absolute Gasteiger partial charge is 0.0726 e. The van der Waals surface area contributed by atoms with Crippen molar-refractivity contribution in [2.75, 3.05) is 6.61 Å². The summed E-state index contributed by atoms with van der Waals surface area (Å²) in [5.74, 6) is 0.748. The van der Waals surface area contributed by atoms with Crippen LogP contribution in [0.1, 0.15) is 58.8 Å². The van der Waals surface area contributed by atoms with Gasteiger partial charge in [-0.1, -0.05) is 33.1 Å². The lowest BCUT2D eigenvalue weighted by molar-refractivity contribution is 0.0216. The van der Waals surface area contributed by atoms with Gasteiger partial charge in [0.2, 0.25) is 0 Å². The van der Waals surface area contributed by atoms with E-state index in [1.165, 1.54) is 38.5 Å². The second-order valence-corrected chi connectivity index (χ2v) is 4.88. The summed E-state index contributed by atoms with van der Waals surface area (Å²) in [5.41, 5.74) is 5.98. The summed E-state index contributed by atoms with van der Waals surface area (Å²) >= 11 is 0. The highest BCUT2D eigenvalue weighted by molar-refractivity contribution is 4.81. The van der Waals surface area contributed by atoms with E-state index in [-0.39, 0.29) is 0 Å². The molecule has 0 aliphatic heterocycles. The van der Waals surface area contributed by atoms with Crippen molar-refractivity contribution < 1.29 is 4.74 Å². The van der Waals surface area contributed by atoms with Crippen molar-refractivity contribution in [3.8, 4) is 0 Å². The van der Waals surface area contributed by atoms with Crippen molar-refractivity contribution in [1.82, 2.24) is 0 Å². The van der Waals surface area contributed by atoms with Gasteiger partial charge >= 0.3 is 0 Å². The van der Waals surface area contributed by atoms with Crippen LogP contribution in [0.3, 0.4) is 0 Å². The summed E-state index contributed by atoms with van der Waals surface area (Å²) < 4.78 is 5.94. The standard InChI is InChI=1S/C13H27NO/c1-3-5-7-11(4-2)10-15-13-9-6-8-12(13)14/h11-13H,3-10,14H2,1-2H3. The van der Waals surface area contributed by atoms with Gasteiger partial charge < -0.3 is 10.5 Å². The predicted molar refractivity (Wildman–Crippen MR) is 64.9 cm³/mol. The highest BCUT2D eigenvalue weighted by Gasteiger charge is 2.25. The molecular weight excluding hydrogens is 186 g/mol. The maximum absolute atomic E-state index is 5.98. The van der Waals surface area contributed by atoms with Crippen LogP contribution < -0.4 is 5.73 Å². The van der Waals surface area contributed by atoms with E-state index in [1.54, 1.807) is 0 Å². The quantitative estimate of drug-likeness (QED) is 0.705. The van der Waals surface area contributed by atoms with Gasteiger partial charge in [-0.25, -0.2) is 0 Å². The molecule has 0 amide bonds. The first-order chi connectivity index (χ1) is 7.27. The number of ether oxygens (including phenoxy) is 1. The van der Waals surface area contributed by atoms with Crippen LogP contribution in [0.4, 0.5) is 0 Å². The maximum Gasteiger partial charge on any atom is 0.0726 e. The minimum Gasteiger partial charge on any atom is -0.376 e. The summed E-state index contributed by atoms with van der Waals surface area (Å²) in [6, 6.07) is 0.300. The van der Waals surface area contributed by atoms with E-state index >= 15 is 0 Å². The van der Waals surface area contributed by atoms with E-state index in [0.717, 1.165) is 18.9 Å². The number of rotatable bonds is 7. The van der Waals surface area contributed by atoms with Crippen LogP contribution in [-0.2, 0) is 4.74 Å². The zero-order chi connectivity index (χ0) is 11.1. The molecule has 1 aliphatic carbocycles. The van der Waals surface area contributed by atoms with Crippen LogP contribution in [0, 0.1) is 5.92 Å². The molecular formula is C13H27NO. The number of nitrogens with two attached hydrogens (primary N) is 1. The molecule has 15 heavy (non-hydrogen) atoms. The molecule has 0 aromatic carbocycles. The Morgan fingerprint density at radius 3 is 2.67 bits per heavy atom. The topological polar surface area (TPSA) is 35.2 Å². The first-order valence-corrected chi connectivity index (χ1v) is 6.65. The summed E-state index contributed by atoms with van der Waals surface area (Å²) in [6.07, 6.45) is 9.09. The minimum atomic E-state index is 0.300. The number of unbranched alkanes of at least 4 members (excludes halogenated alkanes) is 1. The third-order valence-corrected chi connectivity index (χ3v) is 3.59. The zero-order valence-corrected chi connectivity index (χ0v) is 10.4. The molecule has 0 aromatic heterocycles. The molecule has 1 rings (SSSR count). The van der Waals surface area contributed by atoms with Gasteiger partial charge in [0.15, 0.2) is 0 Å². The molecule has 1 saturated carbocycles. The molecule has 1 aliphatic rings. The molecule has 1 fully saturated rings. The zero-order valence-electron chi connectivity index (χ0n) is 10.4. The van der Waals surface area contributed by atoms with Crippen molar-refractivity contribution in [2.45, 2.75) is 70.9 Å². The summed E-state index contributed by atoms with van der Waals surface area (Å²) in [5, 5.41) is 0. The molecule has 3 atom stereocenters. The predicted octanol–water partition coefficient (Wildman–Crippen LogP) is 3.10. The molecule has 2 nitrogen and oxygen atoms in total. The minimum absolute atomic E-state index is 0.300. The molecule has 2 heteroatoms. The van der Waals surface area contributed by atoms with Crippen LogP contribution in [0.25, 0.3) is 0 Å². The average molecular weight is 213 g/mol. The summed E-state index contributed by atoms with van der Waals surface area (Å²) in [4.78, 5) is 0. The van der Waals surface area contributed by atoms with Crippen molar-refractivity contribution >= 4 is 0 Å². The van der Waals surface area contributed by atoms with E-state index < -0.39 is 0 Å². The first kappa shape index (κ1) is 13.0. The monoisotopic (exact) mass is 213 g/mol. The van der Waals surface area contributed by atoms with E-state index in [4.69, 9.17) is 10.5 Å². The Kier molecular flexibility index (Phi) is 6.26. The Morgan fingerprint density at radius 2 is 2.13 bits per heavy atom. The van der Waals surface area contributed by atoms with Crippen molar-refractivity contribution in [3.05, 3.63) is 0 Å². The Morgan fingerprint density at radius 1 is 1.33 bits per heavy atom. The SMILES string of the molecule is CCCCC(CC)COC1CCCC1N. The molecule has 3 unspecified atom stereocenters. The van der Waals surface area contributed by atoms with Gasteiger partial charge in [0.25, 0.3) is 0 Å². The van der Waals surface area contributed by atoms with Gasteiger partial charge in [-0.05, 0) is 31.6 Å². The van der Waals surface area contributed by atoms with E-state index in [9.17, 15) is 0 Å². The van der Waals surface area contributed by atoms with Gasteiger partial charge in [0, 0.05) is 12.6 Å². The Bertz CT molecular complexity index is 161. The molecule has 0 heterocycles. The van der Waals surface area contributed by atoms with Crippen LogP contribution in [0.15, 0.2) is 0 Å². The normalized spacial score (nSPS) is 28.2. The van der Waals surface area contributed by atoms with Crippen LogP contribution in [0.5, 0.6) is 0 Å². The van der Waals surface area contributed by atoms with Crippen molar-refractivity contribution in [2.24, 2.45) is 11.7 Å². The summed E-state index contributed by atoms with van der Waals surface area (Å²) in [7, 11) is 0. The lowest BCUT2D eigenvalue weighted by Crippen LogP contribution is -2.32. The summed E-state index contributed by atoms with van der Waals surface area (Å²) in [6.45, 7) is 5.44. The third-order valence-electron chi connectivity index (χ3n) is 3.59. The fourth-order valence-electron chi connectivity index (χ4n) is 2.32. The van der Waals surface area contributed by atoms with E-state index in [0.29, 0.717) is 12.1 Å². The second-order valence-electron chi connectivity index (χ2n) is 4.88. The molecule has 90 valence electrons. The van der Waals surface area contributed by atoms with Crippen LogP contribution in [0.2, 0.25) is 0 Å². The third kappa shape index (κ3) is 4.52. The molecule has 0 radical (unpaired) electrons. The highest BCUT2D eigenvalue weighted by Crippen LogP contribution is 2.22. The Balaban J connectivity index is 2.15. The lowest BCUT2D eigenvalue weighted by atomic mass is 10.0. The van der Waals surface area contributed by atoms with Crippen LogP contribution >= 0.6 is 0 Å². The molecule has 2 N–H and O–H groups in total. The van der Waals surface area contributed by atoms with Gasteiger partial charge in [0.1, 0.15) is 0 Å². The highest BCUT2D eigenvalue weighted by atomic mass is 16.5. The molecule has 0 saturated heterocycles. The molecule has 0 aromatic rings. The fraction of sp³-hybridized carbons (Fsp3) is 1.00. The Hall–Kier alpha value is -0.0800. The maximum atomic E-state index is 5.98. The van der Waals surface area contributed by atoms with Gasteiger partial charge in [-0.15, -0.1) is 0 Å². The Labute approximate surface area is 94.6 Å². The number of hydrogen-bond donors (Lipinski definition) is 1. The van der Waals surface area contributed by atoms with E-state index in [1.807, 2.05) is 0 Å². The molecule has 0 bridgehead atoms. The van der Waals surface area contributed by atoms with Crippen molar-refractivity contribution in [3.63, 3.8) is 0 Å².